The van der Waals surface area contributed by atoms with Gasteiger partial charge >= 0.3 is 0 Å². The summed E-state index contributed by atoms with van der Waals surface area (Å²) in [5.74, 6) is -0.721. The lowest BCUT2D eigenvalue weighted by Crippen LogP contribution is -2.55. The van der Waals surface area contributed by atoms with E-state index in [0.717, 1.165) is 6.42 Å². The summed E-state index contributed by atoms with van der Waals surface area (Å²) in [6, 6.07) is 0. The Hall–Kier alpha value is -0.870. The molecule has 3 rings (SSSR count). The molecular formula is C15H22O4. The molecule has 0 saturated heterocycles. The summed E-state index contributed by atoms with van der Waals surface area (Å²) in [6.45, 7) is 5.95. The first-order valence-corrected chi connectivity index (χ1v) is 6.99. The van der Waals surface area contributed by atoms with Gasteiger partial charge in [0.05, 0.1) is 12.2 Å². The zero-order valence-corrected chi connectivity index (χ0v) is 11.6. The number of ketones is 1. The summed E-state index contributed by atoms with van der Waals surface area (Å²) in [6.07, 6.45) is 1.06. The summed E-state index contributed by atoms with van der Waals surface area (Å²) >= 11 is 0. The third kappa shape index (κ3) is 1.56. The van der Waals surface area contributed by atoms with Crippen LogP contribution in [0.3, 0.4) is 0 Å². The Labute approximate surface area is 113 Å². The SMILES string of the molecule is CC1(C)C[C@@H]2[C@H]1[C@@H](O)[C@@H](O)[C@@]1(C)C=C(O)C(=O)[C@@H]2C1. The van der Waals surface area contributed by atoms with E-state index >= 15 is 0 Å². The summed E-state index contributed by atoms with van der Waals surface area (Å²) in [5.41, 5.74) is -0.774. The van der Waals surface area contributed by atoms with E-state index in [4.69, 9.17) is 0 Å². The van der Waals surface area contributed by atoms with Crippen molar-refractivity contribution in [3.05, 3.63) is 11.8 Å². The van der Waals surface area contributed by atoms with E-state index in [1.54, 1.807) is 0 Å². The second-order valence-electron chi connectivity index (χ2n) is 7.53. The van der Waals surface area contributed by atoms with Gasteiger partial charge in [-0.05, 0) is 36.2 Å². The Morgan fingerprint density at radius 3 is 2.42 bits per heavy atom. The third-order valence-corrected chi connectivity index (χ3v) is 5.72. The van der Waals surface area contributed by atoms with Crippen molar-refractivity contribution in [3.8, 4) is 0 Å². The van der Waals surface area contributed by atoms with Crippen molar-refractivity contribution in [2.45, 2.75) is 45.8 Å². The fourth-order valence-corrected chi connectivity index (χ4v) is 4.73. The average Bonchev–Trinajstić information content (AvgIpc) is 2.34. The van der Waals surface area contributed by atoms with Gasteiger partial charge in [0, 0.05) is 11.3 Å². The minimum absolute atomic E-state index is 0.0607. The second kappa shape index (κ2) is 3.61. The highest BCUT2D eigenvalue weighted by molar-refractivity contribution is 5.96. The highest BCUT2D eigenvalue weighted by Crippen LogP contribution is 2.62. The fraction of sp³-hybridized carbons (Fsp3) is 0.800. The second-order valence-corrected chi connectivity index (χ2v) is 7.53. The maximum Gasteiger partial charge on any atom is 0.200 e. The molecule has 0 spiro atoms. The van der Waals surface area contributed by atoms with Crippen LogP contribution in [0, 0.1) is 28.6 Å². The fourth-order valence-electron chi connectivity index (χ4n) is 4.73. The van der Waals surface area contributed by atoms with Crippen LogP contribution in [-0.2, 0) is 4.79 Å². The lowest BCUT2D eigenvalue weighted by molar-refractivity contribution is -0.150. The molecule has 2 fully saturated rings. The van der Waals surface area contributed by atoms with Gasteiger partial charge in [0.1, 0.15) is 0 Å². The molecule has 3 N–H and O–H groups in total. The first-order chi connectivity index (χ1) is 8.67. The predicted molar refractivity (Wildman–Crippen MR) is 69.3 cm³/mol. The molecule has 3 aliphatic rings. The van der Waals surface area contributed by atoms with Crippen LogP contribution in [0.4, 0.5) is 0 Å². The summed E-state index contributed by atoms with van der Waals surface area (Å²) in [5, 5.41) is 30.8. The molecule has 0 aromatic heterocycles. The Kier molecular flexibility index (Phi) is 2.50. The maximum absolute atomic E-state index is 12.2. The van der Waals surface area contributed by atoms with Crippen LogP contribution in [0.2, 0.25) is 0 Å². The Balaban J connectivity index is 2.09. The van der Waals surface area contributed by atoms with Crippen LogP contribution in [0.15, 0.2) is 11.8 Å². The molecule has 19 heavy (non-hydrogen) atoms. The molecule has 2 bridgehead atoms. The highest BCUT2D eigenvalue weighted by Gasteiger charge is 2.62. The van der Waals surface area contributed by atoms with Crippen molar-refractivity contribution in [1.82, 2.24) is 0 Å². The largest absolute Gasteiger partial charge is 0.505 e. The molecule has 0 aromatic carbocycles. The molecule has 6 atom stereocenters. The van der Waals surface area contributed by atoms with Gasteiger partial charge in [0.15, 0.2) is 11.5 Å². The molecule has 0 amide bonds. The molecule has 0 aromatic rings. The van der Waals surface area contributed by atoms with Crippen LogP contribution >= 0.6 is 0 Å². The summed E-state index contributed by atoms with van der Waals surface area (Å²) < 4.78 is 0. The zero-order valence-electron chi connectivity index (χ0n) is 11.6. The van der Waals surface area contributed by atoms with Crippen molar-refractivity contribution in [3.63, 3.8) is 0 Å². The third-order valence-electron chi connectivity index (χ3n) is 5.72. The number of Topliss-reactive ketones (excluding diaryl/α,β-unsaturated/α-hetero) is 1. The van der Waals surface area contributed by atoms with Crippen LogP contribution in [0.1, 0.15) is 33.6 Å². The smallest absolute Gasteiger partial charge is 0.200 e. The number of allylic oxidation sites excluding steroid dienone is 1. The van der Waals surface area contributed by atoms with Crippen molar-refractivity contribution in [1.29, 1.82) is 0 Å². The molecule has 3 aliphatic carbocycles. The molecule has 106 valence electrons. The van der Waals surface area contributed by atoms with Gasteiger partial charge in [-0.3, -0.25) is 4.79 Å². The van der Waals surface area contributed by atoms with Crippen LogP contribution < -0.4 is 0 Å². The summed E-state index contributed by atoms with van der Waals surface area (Å²) in [7, 11) is 0. The number of hydrogen-bond donors (Lipinski definition) is 3. The number of aliphatic hydroxyl groups excluding tert-OH is 3. The zero-order chi connectivity index (χ0) is 14.2. The average molecular weight is 266 g/mol. The monoisotopic (exact) mass is 266 g/mol. The Morgan fingerprint density at radius 1 is 1.21 bits per heavy atom. The number of carbonyl (C=O) groups excluding carboxylic acids is 1. The molecule has 4 heteroatoms. The Morgan fingerprint density at radius 2 is 1.84 bits per heavy atom. The molecule has 0 radical (unpaired) electrons. The van der Waals surface area contributed by atoms with E-state index in [1.165, 1.54) is 6.08 Å². The quantitative estimate of drug-likeness (QED) is 0.619. The van der Waals surface area contributed by atoms with E-state index in [1.807, 2.05) is 6.92 Å². The number of rotatable bonds is 0. The van der Waals surface area contributed by atoms with Gasteiger partial charge in [-0.2, -0.15) is 0 Å². The van der Waals surface area contributed by atoms with Gasteiger partial charge in [0.25, 0.3) is 0 Å². The van der Waals surface area contributed by atoms with Crippen LogP contribution in [-0.4, -0.2) is 33.3 Å². The van der Waals surface area contributed by atoms with Gasteiger partial charge in [-0.15, -0.1) is 0 Å². The lowest BCUT2D eigenvalue weighted by Gasteiger charge is -2.55. The lowest BCUT2D eigenvalue weighted by atomic mass is 9.50. The van der Waals surface area contributed by atoms with E-state index in [0.29, 0.717) is 6.42 Å². The predicted octanol–water partition coefficient (Wildman–Crippen LogP) is 1.42. The van der Waals surface area contributed by atoms with Gasteiger partial charge in [-0.25, -0.2) is 0 Å². The molecular weight excluding hydrogens is 244 g/mol. The number of fused-ring (bicyclic) bond motifs is 4. The van der Waals surface area contributed by atoms with Crippen molar-refractivity contribution in [2.24, 2.45) is 28.6 Å². The molecule has 0 heterocycles. The topological polar surface area (TPSA) is 77.8 Å². The first-order valence-electron chi connectivity index (χ1n) is 6.99. The van der Waals surface area contributed by atoms with Crippen LogP contribution in [0.25, 0.3) is 0 Å². The minimum Gasteiger partial charge on any atom is -0.505 e. The van der Waals surface area contributed by atoms with Crippen molar-refractivity contribution >= 4 is 5.78 Å². The van der Waals surface area contributed by atoms with Gasteiger partial charge in [0.2, 0.25) is 0 Å². The number of aliphatic hydroxyl groups is 3. The van der Waals surface area contributed by atoms with E-state index in [9.17, 15) is 20.1 Å². The van der Waals surface area contributed by atoms with Crippen molar-refractivity contribution in [2.75, 3.05) is 0 Å². The summed E-state index contributed by atoms with van der Waals surface area (Å²) in [4.78, 5) is 12.2. The standard InChI is InChI=1S/C15H22O4/c1-14(2)4-7-8-5-15(3,6-9(16)11(8)17)13(19)12(18)10(7)14/h6-8,10,12-13,16,18-19H,4-5H2,1-3H3/t7-,8+,10-,12+,13+,15+/m0/s1. The van der Waals surface area contributed by atoms with Crippen molar-refractivity contribution < 1.29 is 20.1 Å². The molecule has 2 saturated carbocycles. The normalized spacial score (nSPS) is 51.7. The van der Waals surface area contributed by atoms with E-state index in [2.05, 4.69) is 13.8 Å². The molecule has 0 unspecified atom stereocenters. The molecule has 4 nitrogen and oxygen atoms in total. The van der Waals surface area contributed by atoms with E-state index in [-0.39, 0.29) is 34.7 Å². The van der Waals surface area contributed by atoms with Gasteiger partial charge < -0.3 is 15.3 Å². The highest BCUT2D eigenvalue weighted by atomic mass is 16.3. The first kappa shape index (κ1) is 13.1. The van der Waals surface area contributed by atoms with E-state index < -0.39 is 17.6 Å². The number of hydrogen-bond acceptors (Lipinski definition) is 4. The Bertz CT molecular complexity index is 467. The number of carbonyl (C=O) groups is 1. The maximum atomic E-state index is 12.2. The minimum atomic E-state index is -0.931. The van der Waals surface area contributed by atoms with Gasteiger partial charge in [-0.1, -0.05) is 20.8 Å². The van der Waals surface area contributed by atoms with Crippen LogP contribution in [0.5, 0.6) is 0 Å². The molecule has 0 aliphatic heterocycles.